The van der Waals surface area contributed by atoms with Gasteiger partial charge in [0.15, 0.2) is 5.78 Å². The van der Waals surface area contributed by atoms with Gasteiger partial charge in [0.05, 0.1) is 19.4 Å². The van der Waals surface area contributed by atoms with Gasteiger partial charge in [0, 0.05) is 5.41 Å². The molecule has 0 unspecified atom stereocenters. The summed E-state index contributed by atoms with van der Waals surface area (Å²) in [4.78, 5) is 22.0. The molecule has 0 radical (unpaired) electrons. The van der Waals surface area contributed by atoms with E-state index in [2.05, 4.69) is 4.74 Å². The summed E-state index contributed by atoms with van der Waals surface area (Å²) in [5, 5.41) is 0. The number of hydrogen-bond donors (Lipinski definition) is 0. The molecule has 0 aliphatic rings. The number of carbonyl (C=O) groups is 2. The quantitative estimate of drug-likeness (QED) is 0.499. The third kappa shape index (κ3) is 3.22. The van der Waals surface area contributed by atoms with Crippen molar-refractivity contribution in [3.8, 4) is 0 Å². The van der Waals surface area contributed by atoms with Crippen LogP contribution in [0, 0.1) is 5.41 Å². The lowest BCUT2D eigenvalue weighted by Gasteiger charge is -2.19. The molecule has 0 heterocycles. The Morgan fingerprint density at radius 3 is 2.25 bits per heavy atom. The summed E-state index contributed by atoms with van der Waals surface area (Å²) in [6.07, 6.45) is 0.0784. The van der Waals surface area contributed by atoms with E-state index in [4.69, 9.17) is 11.6 Å². The van der Waals surface area contributed by atoms with E-state index in [-0.39, 0.29) is 18.1 Å². The van der Waals surface area contributed by atoms with Gasteiger partial charge in [-0.05, 0) is 0 Å². The Morgan fingerprint density at radius 1 is 1.42 bits per heavy atom. The standard InChI is InChI=1S/C8H13ClO3/c1-8(2,6(10)5-9)4-7(11)12-3/h4-5H2,1-3H3. The van der Waals surface area contributed by atoms with Crippen molar-refractivity contribution < 1.29 is 14.3 Å². The van der Waals surface area contributed by atoms with Crippen molar-refractivity contribution in [2.45, 2.75) is 20.3 Å². The number of rotatable bonds is 4. The highest BCUT2D eigenvalue weighted by Crippen LogP contribution is 2.22. The van der Waals surface area contributed by atoms with Crippen molar-refractivity contribution in [3.63, 3.8) is 0 Å². The largest absolute Gasteiger partial charge is 0.469 e. The first-order chi connectivity index (χ1) is 5.44. The molecule has 0 bridgehead atoms. The predicted molar refractivity (Wildman–Crippen MR) is 46.1 cm³/mol. The summed E-state index contributed by atoms with van der Waals surface area (Å²) < 4.78 is 4.45. The average molecular weight is 193 g/mol. The number of Topliss-reactive ketones (excluding diaryl/α,β-unsaturated/α-hetero) is 1. The molecule has 0 aliphatic heterocycles. The maximum atomic E-state index is 11.1. The maximum Gasteiger partial charge on any atom is 0.306 e. The Bertz CT molecular complexity index is 187. The summed E-state index contributed by atoms with van der Waals surface area (Å²) >= 11 is 5.36. The maximum absolute atomic E-state index is 11.1. The summed E-state index contributed by atoms with van der Waals surface area (Å²) in [6.45, 7) is 3.35. The van der Waals surface area contributed by atoms with Crippen LogP contribution in [0.3, 0.4) is 0 Å². The minimum Gasteiger partial charge on any atom is -0.469 e. The normalized spacial score (nSPS) is 11.0. The van der Waals surface area contributed by atoms with Crippen LogP contribution in [0.1, 0.15) is 20.3 Å². The molecule has 0 aliphatic carbocycles. The molecular formula is C8H13ClO3. The molecule has 0 aromatic carbocycles. The van der Waals surface area contributed by atoms with Gasteiger partial charge in [0.2, 0.25) is 0 Å². The molecule has 0 N–H and O–H groups in total. The van der Waals surface area contributed by atoms with Crippen LogP contribution in [0.5, 0.6) is 0 Å². The predicted octanol–water partition coefficient (Wildman–Crippen LogP) is 1.38. The fourth-order valence-corrected chi connectivity index (χ4v) is 1.07. The molecule has 0 aromatic rings. The Morgan fingerprint density at radius 2 is 1.92 bits per heavy atom. The minimum atomic E-state index is -0.713. The van der Waals surface area contributed by atoms with Gasteiger partial charge in [0.1, 0.15) is 0 Å². The van der Waals surface area contributed by atoms with E-state index in [1.807, 2.05) is 0 Å². The van der Waals surface area contributed by atoms with Crippen LogP contribution in [-0.4, -0.2) is 24.7 Å². The second-order valence-electron chi connectivity index (χ2n) is 3.19. The van der Waals surface area contributed by atoms with E-state index >= 15 is 0 Å². The lowest BCUT2D eigenvalue weighted by Crippen LogP contribution is -2.28. The van der Waals surface area contributed by atoms with Gasteiger partial charge in [-0.15, -0.1) is 11.6 Å². The summed E-state index contributed by atoms with van der Waals surface area (Å²) in [6, 6.07) is 0. The van der Waals surface area contributed by atoms with Crippen molar-refractivity contribution in [1.82, 2.24) is 0 Å². The zero-order chi connectivity index (χ0) is 9.78. The molecule has 0 saturated carbocycles. The molecule has 0 saturated heterocycles. The molecule has 0 amide bonds. The van der Waals surface area contributed by atoms with E-state index in [1.165, 1.54) is 7.11 Å². The van der Waals surface area contributed by atoms with Crippen LogP contribution in [0.15, 0.2) is 0 Å². The number of alkyl halides is 1. The highest BCUT2D eigenvalue weighted by molar-refractivity contribution is 6.28. The van der Waals surface area contributed by atoms with Crippen LogP contribution in [0.2, 0.25) is 0 Å². The van der Waals surface area contributed by atoms with Crippen molar-refractivity contribution >= 4 is 23.4 Å². The fourth-order valence-electron chi connectivity index (χ4n) is 0.712. The number of ketones is 1. The van der Waals surface area contributed by atoms with E-state index < -0.39 is 11.4 Å². The number of methoxy groups -OCH3 is 1. The zero-order valence-electron chi connectivity index (χ0n) is 7.52. The highest BCUT2D eigenvalue weighted by atomic mass is 35.5. The van der Waals surface area contributed by atoms with E-state index in [0.29, 0.717) is 0 Å². The van der Waals surface area contributed by atoms with Crippen LogP contribution < -0.4 is 0 Å². The van der Waals surface area contributed by atoms with Crippen molar-refractivity contribution in [2.75, 3.05) is 13.0 Å². The minimum absolute atomic E-state index is 0.0655. The third-order valence-electron chi connectivity index (χ3n) is 1.69. The first-order valence-electron chi connectivity index (χ1n) is 3.60. The number of halogens is 1. The molecule has 0 fully saturated rings. The fraction of sp³-hybridized carbons (Fsp3) is 0.750. The highest BCUT2D eigenvalue weighted by Gasteiger charge is 2.29. The van der Waals surface area contributed by atoms with Gasteiger partial charge in [-0.25, -0.2) is 0 Å². The molecule has 0 rings (SSSR count). The Balaban J connectivity index is 4.21. The topological polar surface area (TPSA) is 43.4 Å². The Kier molecular flexibility index (Phi) is 4.24. The van der Waals surface area contributed by atoms with Crippen molar-refractivity contribution in [2.24, 2.45) is 5.41 Å². The molecular weight excluding hydrogens is 180 g/mol. The second kappa shape index (κ2) is 4.45. The molecule has 0 aromatic heterocycles. The smallest absolute Gasteiger partial charge is 0.306 e. The summed E-state index contributed by atoms with van der Waals surface area (Å²) in [5.74, 6) is -0.600. The average Bonchev–Trinajstić information content (AvgIpc) is 2.02. The van der Waals surface area contributed by atoms with Crippen molar-refractivity contribution in [3.05, 3.63) is 0 Å². The van der Waals surface area contributed by atoms with Crippen LogP contribution in [-0.2, 0) is 14.3 Å². The number of carbonyl (C=O) groups excluding carboxylic acids is 2. The zero-order valence-corrected chi connectivity index (χ0v) is 8.27. The van der Waals surface area contributed by atoms with Gasteiger partial charge in [0.25, 0.3) is 0 Å². The van der Waals surface area contributed by atoms with E-state index in [0.717, 1.165) is 0 Å². The molecule has 12 heavy (non-hydrogen) atoms. The first-order valence-corrected chi connectivity index (χ1v) is 4.13. The number of ether oxygens (including phenoxy) is 1. The van der Waals surface area contributed by atoms with E-state index in [1.54, 1.807) is 13.8 Å². The molecule has 70 valence electrons. The molecule has 0 spiro atoms. The molecule has 4 heteroatoms. The first kappa shape index (κ1) is 11.4. The van der Waals surface area contributed by atoms with E-state index in [9.17, 15) is 9.59 Å². The summed E-state index contributed by atoms with van der Waals surface area (Å²) in [5.41, 5.74) is -0.713. The number of hydrogen-bond acceptors (Lipinski definition) is 3. The third-order valence-corrected chi connectivity index (χ3v) is 1.93. The van der Waals surface area contributed by atoms with Crippen LogP contribution >= 0.6 is 11.6 Å². The van der Waals surface area contributed by atoms with Gasteiger partial charge < -0.3 is 4.74 Å². The Hall–Kier alpha value is -0.570. The van der Waals surface area contributed by atoms with Crippen LogP contribution in [0.25, 0.3) is 0 Å². The monoisotopic (exact) mass is 192 g/mol. The molecule has 3 nitrogen and oxygen atoms in total. The van der Waals surface area contributed by atoms with Crippen LogP contribution in [0.4, 0.5) is 0 Å². The van der Waals surface area contributed by atoms with Gasteiger partial charge in [-0.2, -0.15) is 0 Å². The second-order valence-corrected chi connectivity index (χ2v) is 3.46. The van der Waals surface area contributed by atoms with Crippen molar-refractivity contribution in [1.29, 1.82) is 0 Å². The SMILES string of the molecule is COC(=O)CC(C)(C)C(=O)CCl. The lowest BCUT2D eigenvalue weighted by atomic mass is 9.85. The van der Waals surface area contributed by atoms with Gasteiger partial charge >= 0.3 is 5.97 Å². The van der Waals surface area contributed by atoms with Gasteiger partial charge in [-0.1, -0.05) is 13.8 Å². The summed E-state index contributed by atoms with van der Waals surface area (Å²) in [7, 11) is 1.30. The lowest BCUT2D eigenvalue weighted by molar-refractivity contribution is -0.145. The Labute approximate surface area is 77.0 Å². The molecule has 0 atom stereocenters. The van der Waals surface area contributed by atoms with Gasteiger partial charge in [-0.3, -0.25) is 9.59 Å². The number of esters is 1.